The predicted molar refractivity (Wildman–Crippen MR) is 139 cm³/mol. The van der Waals surface area contributed by atoms with Crippen LogP contribution in [0.25, 0.3) is 0 Å². The van der Waals surface area contributed by atoms with E-state index in [2.05, 4.69) is 25.1 Å². The number of methoxy groups -OCH3 is 4. The quantitative estimate of drug-likeness (QED) is 0.295. The molecule has 3 rings (SSSR count). The summed E-state index contributed by atoms with van der Waals surface area (Å²) in [6.45, 7) is 5.12. The van der Waals surface area contributed by atoms with Gasteiger partial charge in [-0.15, -0.1) is 24.0 Å². The van der Waals surface area contributed by atoms with E-state index in [1.807, 2.05) is 31.3 Å². The first kappa shape index (κ1) is 26.8. The molecule has 0 amide bonds. The van der Waals surface area contributed by atoms with Gasteiger partial charge in [-0.05, 0) is 29.3 Å². The van der Waals surface area contributed by atoms with Gasteiger partial charge in [0.05, 0.1) is 28.4 Å². The Balaban J connectivity index is 0.00000385. The second-order valence-corrected chi connectivity index (χ2v) is 7.40. The third-order valence-electron chi connectivity index (χ3n) is 5.47. The summed E-state index contributed by atoms with van der Waals surface area (Å²) in [7, 11) is 8.33. The minimum Gasteiger partial charge on any atom is -0.493 e. The summed E-state index contributed by atoms with van der Waals surface area (Å²) in [5.74, 6) is 3.48. The number of aliphatic imine (C=N–C) groups is 1. The van der Waals surface area contributed by atoms with Crippen molar-refractivity contribution in [2.45, 2.75) is 13.1 Å². The monoisotopic (exact) mass is 571 g/mol. The van der Waals surface area contributed by atoms with Gasteiger partial charge in [0.15, 0.2) is 17.5 Å². The highest BCUT2D eigenvalue weighted by molar-refractivity contribution is 14.0. The van der Waals surface area contributed by atoms with Crippen LogP contribution in [0.4, 0.5) is 0 Å². The SMILES string of the molecule is CN=C(NCc1ccnc(OC)c1)N1CCN(Cc2cc(OC)c(OC)c(OC)c2)CC1.I. The Morgan fingerprint density at radius 1 is 0.939 bits per heavy atom. The maximum absolute atomic E-state index is 5.48. The van der Waals surface area contributed by atoms with E-state index in [1.165, 1.54) is 0 Å². The second kappa shape index (κ2) is 13.3. The lowest BCUT2D eigenvalue weighted by Crippen LogP contribution is -2.52. The van der Waals surface area contributed by atoms with E-state index < -0.39 is 0 Å². The summed E-state index contributed by atoms with van der Waals surface area (Å²) in [6, 6.07) is 7.92. The number of piperazine rings is 1. The first-order valence-corrected chi connectivity index (χ1v) is 10.6. The molecule has 1 fully saturated rings. The molecule has 0 saturated carbocycles. The third kappa shape index (κ3) is 7.00. The summed E-state index contributed by atoms with van der Waals surface area (Å²) in [6.07, 6.45) is 1.75. The van der Waals surface area contributed by atoms with Crippen molar-refractivity contribution in [3.05, 3.63) is 41.6 Å². The number of pyridine rings is 1. The predicted octanol–water partition coefficient (Wildman–Crippen LogP) is 2.63. The Morgan fingerprint density at radius 3 is 2.15 bits per heavy atom. The maximum atomic E-state index is 5.48. The molecule has 0 radical (unpaired) electrons. The van der Waals surface area contributed by atoms with Crippen molar-refractivity contribution in [3.8, 4) is 23.1 Å². The van der Waals surface area contributed by atoms with Crippen molar-refractivity contribution < 1.29 is 18.9 Å². The summed E-state index contributed by atoms with van der Waals surface area (Å²) < 4.78 is 21.6. The normalized spacial score (nSPS) is 14.3. The van der Waals surface area contributed by atoms with Crippen molar-refractivity contribution >= 4 is 29.9 Å². The molecule has 0 bridgehead atoms. The average molecular weight is 571 g/mol. The molecule has 10 heteroatoms. The molecule has 1 aromatic heterocycles. The highest BCUT2D eigenvalue weighted by Gasteiger charge is 2.21. The molecule has 1 N–H and O–H groups in total. The molecule has 2 aromatic rings. The van der Waals surface area contributed by atoms with Gasteiger partial charge >= 0.3 is 0 Å². The number of rotatable bonds is 8. The van der Waals surface area contributed by atoms with Gasteiger partial charge in [0.1, 0.15) is 0 Å². The van der Waals surface area contributed by atoms with E-state index in [-0.39, 0.29) is 24.0 Å². The highest BCUT2D eigenvalue weighted by atomic mass is 127. The first-order chi connectivity index (χ1) is 15.6. The van der Waals surface area contributed by atoms with Crippen LogP contribution >= 0.6 is 24.0 Å². The molecule has 1 aromatic carbocycles. The Hall–Kier alpha value is -2.47. The summed E-state index contributed by atoms with van der Waals surface area (Å²) >= 11 is 0. The fourth-order valence-electron chi connectivity index (χ4n) is 3.79. The molecule has 0 aliphatic carbocycles. The van der Waals surface area contributed by atoms with Crippen LogP contribution in [0.5, 0.6) is 23.1 Å². The molecule has 182 valence electrons. The minimum atomic E-state index is 0. The molecular weight excluding hydrogens is 537 g/mol. The highest BCUT2D eigenvalue weighted by Crippen LogP contribution is 2.38. The van der Waals surface area contributed by atoms with Crippen LogP contribution in [-0.4, -0.2) is 82.4 Å². The van der Waals surface area contributed by atoms with Crippen molar-refractivity contribution in [1.29, 1.82) is 0 Å². The molecular formula is C23H34IN5O4. The van der Waals surface area contributed by atoms with Crippen molar-refractivity contribution in [2.75, 3.05) is 61.7 Å². The van der Waals surface area contributed by atoms with Crippen LogP contribution in [0.1, 0.15) is 11.1 Å². The second-order valence-electron chi connectivity index (χ2n) is 7.40. The zero-order valence-electron chi connectivity index (χ0n) is 20.0. The van der Waals surface area contributed by atoms with Crippen molar-refractivity contribution in [1.82, 2.24) is 20.1 Å². The smallest absolute Gasteiger partial charge is 0.213 e. The molecule has 9 nitrogen and oxygen atoms in total. The number of hydrogen-bond donors (Lipinski definition) is 1. The largest absolute Gasteiger partial charge is 0.493 e. The standard InChI is InChI=1S/C23H33N5O4.HI/c1-24-23(26-15-17-6-7-25-21(14-17)31-4)28-10-8-27(9-11-28)16-18-12-19(29-2)22(32-5)20(13-18)30-3;/h6-7,12-14H,8-11,15-16H2,1-5H3,(H,24,26);1H. The molecule has 0 unspecified atom stereocenters. The van der Waals surface area contributed by atoms with Gasteiger partial charge < -0.3 is 29.2 Å². The molecule has 1 aliphatic rings. The van der Waals surface area contributed by atoms with Crippen LogP contribution in [0.3, 0.4) is 0 Å². The first-order valence-electron chi connectivity index (χ1n) is 10.6. The van der Waals surface area contributed by atoms with E-state index in [4.69, 9.17) is 18.9 Å². The Morgan fingerprint density at radius 2 is 1.61 bits per heavy atom. The van der Waals surface area contributed by atoms with Gasteiger partial charge in [0.2, 0.25) is 11.6 Å². The molecule has 2 heterocycles. The number of guanidine groups is 1. The number of ether oxygens (including phenoxy) is 4. The number of aromatic nitrogens is 1. The van der Waals surface area contributed by atoms with Crippen molar-refractivity contribution in [3.63, 3.8) is 0 Å². The summed E-state index contributed by atoms with van der Waals surface area (Å²) in [5, 5.41) is 3.44. The molecule has 1 aliphatic heterocycles. The van der Waals surface area contributed by atoms with Crippen LogP contribution in [-0.2, 0) is 13.1 Å². The van der Waals surface area contributed by atoms with E-state index >= 15 is 0 Å². The lowest BCUT2D eigenvalue weighted by atomic mass is 10.1. The lowest BCUT2D eigenvalue weighted by Gasteiger charge is -2.36. The lowest BCUT2D eigenvalue weighted by molar-refractivity contribution is 0.172. The van der Waals surface area contributed by atoms with Crippen LogP contribution in [0.15, 0.2) is 35.5 Å². The van der Waals surface area contributed by atoms with E-state index in [0.29, 0.717) is 29.7 Å². The maximum Gasteiger partial charge on any atom is 0.213 e. The van der Waals surface area contributed by atoms with Gasteiger partial charge in [-0.2, -0.15) is 0 Å². The van der Waals surface area contributed by atoms with Crippen molar-refractivity contribution in [2.24, 2.45) is 4.99 Å². The Labute approximate surface area is 213 Å². The van der Waals surface area contributed by atoms with Gasteiger partial charge in [-0.3, -0.25) is 9.89 Å². The Bertz CT molecular complexity index is 894. The zero-order chi connectivity index (χ0) is 22.9. The topological polar surface area (TPSA) is 80.7 Å². The summed E-state index contributed by atoms with van der Waals surface area (Å²) in [4.78, 5) is 13.3. The molecule has 0 spiro atoms. The number of nitrogens with zero attached hydrogens (tertiary/aromatic N) is 4. The van der Waals surface area contributed by atoms with E-state index in [1.54, 1.807) is 34.6 Å². The fourth-order valence-corrected chi connectivity index (χ4v) is 3.79. The van der Waals surface area contributed by atoms with Gasteiger partial charge in [-0.1, -0.05) is 0 Å². The van der Waals surface area contributed by atoms with Gasteiger partial charge in [0.25, 0.3) is 0 Å². The fraction of sp³-hybridized carbons (Fsp3) is 0.478. The third-order valence-corrected chi connectivity index (χ3v) is 5.47. The number of halogens is 1. The molecule has 33 heavy (non-hydrogen) atoms. The van der Waals surface area contributed by atoms with Crippen LogP contribution < -0.4 is 24.3 Å². The number of nitrogens with one attached hydrogen (secondary N) is 1. The zero-order valence-corrected chi connectivity index (χ0v) is 22.3. The molecule has 1 saturated heterocycles. The van der Waals surface area contributed by atoms with E-state index in [0.717, 1.165) is 49.8 Å². The number of hydrogen-bond acceptors (Lipinski definition) is 7. The average Bonchev–Trinajstić information content (AvgIpc) is 2.84. The van der Waals surface area contributed by atoms with Gasteiger partial charge in [-0.25, -0.2) is 4.98 Å². The van der Waals surface area contributed by atoms with Crippen LogP contribution in [0.2, 0.25) is 0 Å². The van der Waals surface area contributed by atoms with Crippen LogP contribution in [0, 0.1) is 0 Å². The van der Waals surface area contributed by atoms with E-state index in [9.17, 15) is 0 Å². The minimum absolute atomic E-state index is 0. The summed E-state index contributed by atoms with van der Waals surface area (Å²) in [5.41, 5.74) is 2.22. The van der Waals surface area contributed by atoms with Gasteiger partial charge in [0, 0.05) is 58.6 Å². The Kier molecular flexibility index (Phi) is 10.8. The molecule has 0 atom stereocenters. The number of benzene rings is 1.